The SMILES string of the molecule is Cc1ccc(C(=O)Nc2nnns2)c(N)c1. The lowest BCUT2D eigenvalue weighted by atomic mass is 10.1. The van der Waals surface area contributed by atoms with Gasteiger partial charge in [0.1, 0.15) is 0 Å². The van der Waals surface area contributed by atoms with Gasteiger partial charge in [0, 0.05) is 17.2 Å². The standard InChI is InChI=1S/C9H9N5OS/c1-5-2-3-6(7(10)4-5)8(15)11-9-12-13-14-16-9/h2-4H,10H2,1H3,(H,11,12,14,15). The van der Waals surface area contributed by atoms with E-state index in [1.165, 1.54) is 0 Å². The number of nitrogens with one attached hydrogen (secondary N) is 1. The maximum atomic E-state index is 11.8. The van der Waals surface area contributed by atoms with Gasteiger partial charge in [-0.1, -0.05) is 15.7 Å². The van der Waals surface area contributed by atoms with Crippen LogP contribution >= 0.6 is 11.5 Å². The molecule has 0 spiro atoms. The fourth-order valence-electron chi connectivity index (χ4n) is 1.24. The maximum Gasteiger partial charge on any atom is 0.259 e. The Labute approximate surface area is 95.6 Å². The summed E-state index contributed by atoms with van der Waals surface area (Å²) in [6, 6.07) is 5.24. The van der Waals surface area contributed by atoms with Crippen LogP contribution in [0, 0.1) is 6.92 Å². The van der Waals surface area contributed by atoms with Crippen molar-refractivity contribution in [3.8, 4) is 0 Å². The predicted octanol–water partition coefficient (Wildman–Crippen LogP) is 1.08. The lowest BCUT2D eigenvalue weighted by Crippen LogP contribution is -2.14. The topological polar surface area (TPSA) is 93.8 Å². The number of nitrogens with zero attached hydrogens (tertiary/aromatic N) is 3. The molecule has 1 aromatic heterocycles. The molecule has 82 valence electrons. The van der Waals surface area contributed by atoms with Crippen molar-refractivity contribution < 1.29 is 4.79 Å². The fraction of sp³-hybridized carbons (Fsp3) is 0.111. The molecule has 0 unspecified atom stereocenters. The van der Waals surface area contributed by atoms with Crippen LogP contribution in [-0.2, 0) is 0 Å². The highest BCUT2D eigenvalue weighted by Crippen LogP contribution is 2.16. The zero-order chi connectivity index (χ0) is 11.5. The van der Waals surface area contributed by atoms with Gasteiger partial charge in [-0.3, -0.25) is 10.1 Å². The summed E-state index contributed by atoms with van der Waals surface area (Å²) in [5.74, 6) is -0.309. The van der Waals surface area contributed by atoms with E-state index in [0.717, 1.165) is 17.1 Å². The van der Waals surface area contributed by atoms with E-state index in [-0.39, 0.29) is 5.91 Å². The number of aryl methyl sites for hydroxylation is 1. The van der Waals surface area contributed by atoms with Crippen molar-refractivity contribution >= 4 is 28.3 Å². The summed E-state index contributed by atoms with van der Waals surface area (Å²) in [6.07, 6.45) is 0. The lowest BCUT2D eigenvalue weighted by molar-refractivity contribution is 0.102. The number of nitrogens with two attached hydrogens (primary N) is 1. The molecular weight excluding hydrogens is 226 g/mol. The van der Waals surface area contributed by atoms with Crippen molar-refractivity contribution in [2.24, 2.45) is 0 Å². The number of anilines is 2. The summed E-state index contributed by atoms with van der Waals surface area (Å²) in [6.45, 7) is 1.91. The summed E-state index contributed by atoms with van der Waals surface area (Å²) in [7, 11) is 0. The molecule has 0 aliphatic carbocycles. The van der Waals surface area contributed by atoms with Gasteiger partial charge in [-0.2, -0.15) is 0 Å². The fourth-order valence-corrected chi connectivity index (χ4v) is 1.60. The highest BCUT2D eigenvalue weighted by Gasteiger charge is 2.11. The van der Waals surface area contributed by atoms with Crippen molar-refractivity contribution in [2.75, 3.05) is 11.1 Å². The van der Waals surface area contributed by atoms with E-state index < -0.39 is 0 Å². The first-order valence-electron chi connectivity index (χ1n) is 4.49. The van der Waals surface area contributed by atoms with Gasteiger partial charge in [-0.25, -0.2) is 0 Å². The number of amides is 1. The van der Waals surface area contributed by atoms with Gasteiger partial charge in [0.25, 0.3) is 5.91 Å². The first kappa shape index (κ1) is 10.5. The first-order valence-corrected chi connectivity index (χ1v) is 5.26. The Morgan fingerprint density at radius 1 is 1.50 bits per heavy atom. The zero-order valence-electron chi connectivity index (χ0n) is 8.47. The smallest absolute Gasteiger partial charge is 0.259 e. The Morgan fingerprint density at radius 2 is 2.31 bits per heavy atom. The van der Waals surface area contributed by atoms with Crippen LogP contribution in [0.3, 0.4) is 0 Å². The van der Waals surface area contributed by atoms with E-state index in [2.05, 4.69) is 20.1 Å². The Bertz CT molecular complexity index is 511. The average Bonchev–Trinajstić information content (AvgIpc) is 2.70. The molecule has 1 heterocycles. The summed E-state index contributed by atoms with van der Waals surface area (Å²) < 4.78 is 3.54. The second kappa shape index (κ2) is 4.23. The Kier molecular flexibility index (Phi) is 2.78. The van der Waals surface area contributed by atoms with E-state index in [9.17, 15) is 4.79 Å². The molecule has 16 heavy (non-hydrogen) atoms. The van der Waals surface area contributed by atoms with Gasteiger partial charge in [0.2, 0.25) is 5.13 Å². The molecule has 0 atom stereocenters. The van der Waals surface area contributed by atoms with Crippen molar-refractivity contribution in [3.05, 3.63) is 29.3 Å². The number of rotatable bonds is 2. The minimum Gasteiger partial charge on any atom is -0.398 e. The number of hydrogen-bond acceptors (Lipinski definition) is 6. The summed E-state index contributed by atoms with van der Waals surface area (Å²) in [4.78, 5) is 11.8. The van der Waals surface area contributed by atoms with Crippen molar-refractivity contribution in [2.45, 2.75) is 6.92 Å². The van der Waals surface area contributed by atoms with Crippen molar-refractivity contribution in [1.29, 1.82) is 0 Å². The Hall–Kier alpha value is -2.02. The maximum absolute atomic E-state index is 11.8. The van der Waals surface area contributed by atoms with Crippen LogP contribution in [0.5, 0.6) is 0 Å². The van der Waals surface area contributed by atoms with E-state index in [4.69, 9.17) is 5.73 Å². The number of nitrogen functional groups attached to an aromatic ring is 1. The predicted molar refractivity (Wildman–Crippen MR) is 61.2 cm³/mol. The third-order valence-corrected chi connectivity index (χ3v) is 2.48. The van der Waals surface area contributed by atoms with Crippen LogP contribution < -0.4 is 11.1 Å². The molecule has 0 bridgehead atoms. The molecule has 2 rings (SSSR count). The lowest BCUT2D eigenvalue weighted by Gasteiger charge is -2.05. The average molecular weight is 235 g/mol. The monoisotopic (exact) mass is 235 g/mol. The molecule has 0 fully saturated rings. The number of hydrogen-bond donors (Lipinski definition) is 2. The first-order chi connectivity index (χ1) is 7.66. The molecule has 0 radical (unpaired) electrons. The number of benzene rings is 1. The Balaban J connectivity index is 2.21. The molecule has 0 saturated heterocycles. The number of aromatic nitrogens is 3. The van der Waals surface area contributed by atoms with Gasteiger partial charge < -0.3 is 5.73 Å². The van der Waals surface area contributed by atoms with Gasteiger partial charge in [-0.05, 0) is 29.8 Å². The molecule has 6 nitrogen and oxygen atoms in total. The van der Waals surface area contributed by atoms with Crippen LogP contribution in [0.1, 0.15) is 15.9 Å². The van der Waals surface area contributed by atoms with Crippen molar-refractivity contribution in [3.63, 3.8) is 0 Å². The van der Waals surface area contributed by atoms with E-state index in [1.807, 2.05) is 13.0 Å². The molecular formula is C9H9N5OS. The van der Waals surface area contributed by atoms with Gasteiger partial charge in [0.05, 0.1) is 5.56 Å². The molecule has 1 amide bonds. The van der Waals surface area contributed by atoms with Crippen LogP contribution in [0.25, 0.3) is 0 Å². The number of carbonyl (C=O) groups excluding carboxylic acids is 1. The third kappa shape index (κ3) is 2.14. The van der Waals surface area contributed by atoms with E-state index in [0.29, 0.717) is 16.4 Å². The zero-order valence-corrected chi connectivity index (χ0v) is 9.28. The molecule has 2 aromatic rings. The molecule has 7 heteroatoms. The molecule has 0 saturated carbocycles. The molecule has 3 N–H and O–H groups in total. The normalized spacial score (nSPS) is 10.1. The minimum atomic E-state index is -0.309. The third-order valence-electron chi connectivity index (χ3n) is 1.97. The summed E-state index contributed by atoms with van der Waals surface area (Å²) >= 11 is 1.01. The van der Waals surface area contributed by atoms with Crippen LogP contribution in [0.4, 0.5) is 10.8 Å². The molecule has 1 aromatic carbocycles. The van der Waals surface area contributed by atoms with Gasteiger partial charge >= 0.3 is 0 Å². The van der Waals surface area contributed by atoms with Gasteiger partial charge in [0.15, 0.2) is 0 Å². The number of carbonyl (C=O) groups is 1. The quantitative estimate of drug-likeness (QED) is 0.759. The second-order valence-electron chi connectivity index (χ2n) is 3.21. The van der Waals surface area contributed by atoms with Gasteiger partial charge in [-0.15, -0.1) is 0 Å². The van der Waals surface area contributed by atoms with Crippen molar-refractivity contribution in [1.82, 2.24) is 14.8 Å². The van der Waals surface area contributed by atoms with E-state index >= 15 is 0 Å². The highest BCUT2D eigenvalue weighted by molar-refractivity contribution is 7.09. The Morgan fingerprint density at radius 3 is 2.94 bits per heavy atom. The minimum absolute atomic E-state index is 0.309. The highest BCUT2D eigenvalue weighted by atomic mass is 32.1. The summed E-state index contributed by atoms with van der Waals surface area (Å²) in [5.41, 5.74) is 7.61. The summed E-state index contributed by atoms with van der Waals surface area (Å²) in [5, 5.41) is 9.91. The largest absolute Gasteiger partial charge is 0.398 e. The van der Waals surface area contributed by atoms with E-state index in [1.54, 1.807) is 12.1 Å². The van der Waals surface area contributed by atoms with Crippen LogP contribution in [-0.4, -0.2) is 20.7 Å². The molecule has 0 aliphatic heterocycles. The molecule has 0 aliphatic rings. The van der Waals surface area contributed by atoms with Crippen LogP contribution in [0.15, 0.2) is 18.2 Å². The van der Waals surface area contributed by atoms with Crippen LogP contribution in [0.2, 0.25) is 0 Å². The second-order valence-corrected chi connectivity index (χ2v) is 3.94.